The van der Waals surface area contributed by atoms with Crippen molar-refractivity contribution in [3.63, 3.8) is 0 Å². The van der Waals surface area contributed by atoms with Crippen LogP contribution >= 0.6 is 0 Å². The standard InChI is InChI=1S/C17H20N2O/c1-13-12-18-9-10-19(13)17(20)11-15-7-4-6-14-5-2-3-8-16(14)15/h2-8,13,18H,9-12H2,1H3/t13-/m1/s1. The van der Waals surface area contributed by atoms with E-state index in [0.717, 1.165) is 25.2 Å². The van der Waals surface area contributed by atoms with Crippen LogP contribution < -0.4 is 5.32 Å². The number of hydrogen-bond donors (Lipinski definition) is 1. The zero-order valence-corrected chi connectivity index (χ0v) is 11.8. The highest BCUT2D eigenvalue weighted by atomic mass is 16.2. The van der Waals surface area contributed by atoms with Gasteiger partial charge in [0.05, 0.1) is 6.42 Å². The van der Waals surface area contributed by atoms with Crippen molar-refractivity contribution in [3.8, 4) is 0 Å². The second-order valence-corrected chi connectivity index (χ2v) is 5.46. The second kappa shape index (κ2) is 5.63. The fraction of sp³-hybridized carbons (Fsp3) is 0.353. The highest BCUT2D eigenvalue weighted by Gasteiger charge is 2.23. The average Bonchev–Trinajstić information content (AvgIpc) is 2.48. The van der Waals surface area contributed by atoms with E-state index in [1.165, 1.54) is 10.8 Å². The van der Waals surface area contributed by atoms with Crippen molar-refractivity contribution < 1.29 is 4.79 Å². The number of amides is 1. The minimum absolute atomic E-state index is 0.232. The van der Waals surface area contributed by atoms with Crippen LogP contribution in [0.2, 0.25) is 0 Å². The van der Waals surface area contributed by atoms with E-state index in [2.05, 4.69) is 36.5 Å². The summed E-state index contributed by atoms with van der Waals surface area (Å²) >= 11 is 0. The number of carbonyl (C=O) groups excluding carboxylic acids is 1. The molecule has 1 aliphatic rings. The molecule has 3 rings (SSSR count). The molecule has 0 unspecified atom stereocenters. The summed E-state index contributed by atoms with van der Waals surface area (Å²) in [6.45, 7) is 4.70. The molecule has 3 nitrogen and oxygen atoms in total. The van der Waals surface area contributed by atoms with E-state index >= 15 is 0 Å². The first-order valence-electron chi connectivity index (χ1n) is 7.22. The molecule has 0 radical (unpaired) electrons. The summed E-state index contributed by atoms with van der Waals surface area (Å²) in [6.07, 6.45) is 0.492. The lowest BCUT2D eigenvalue weighted by Gasteiger charge is -2.34. The van der Waals surface area contributed by atoms with Gasteiger partial charge in [0, 0.05) is 25.7 Å². The lowest BCUT2D eigenvalue weighted by atomic mass is 10.0. The molecular weight excluding hydrogens is 248 g/mol. The van der Waals surface area contributed by atoms with E-state index in [9.17, 15) is 4.79 Å². The number of hydrogen-bond acceptors (Lipinski definition) is 2. The molecule has 20 heavy (non-hydrogen) atoms. The first-order chi connectivity index (χ1) is 9.75. The highest BCUT2D eigenvalue weighted by molar-refractivity contribution is 5.90. The van der Waals surface area contributed by atoms with Crippen molar-refractivity contribution in [1.29, 1.82) is 0 Å². The summed E-state index contributed by atoms with van der Waals surface area (Å²) < 4.78 is 0. The Morgan fingerprint density at radius 1 is 1.25 bits per heavy atom. The van der Waals surface area contributed by atoms with Crippen LogP contribution in [0.5, 0.6) is 0 Å². The predicted octanol–water partition coefficient (Wildman–Crippen LogP) is 2.20. The van der Waals surface area contributed by atoms with Gasteiger partial charge in [-0.2, -0.15) is 0 Å². The molecule has 0 saturated carbocycles. The Bertz CT molecular complexity index is 618. The maximum atomic E-state index is 12.5. The van der Waals surface area contributed by atoms with E-state index in [1.807, 2.05) is 23.1 Å². The van der Waals surface area contributed by atoms with Crippen LogP contribution in [0.4, 0.5) is 0 Å². The van der Waals surface area contributed by atoms with Crippen molar-refractivity contribution in [2.45, 2.75) is 19.4 Å². The number of fused-ring (bicyclic) bond motifs is 1. The Labute approximate surface area is 119 Å². The van der Waals surface area contributed by atoms with Crippen molar-refractivity contribution >= 4 is 16.7 Å². The van der Waals surface area contributed by atoms with E-state index in [0.29, 0.717) is 6.42 Å². The average molecular weight is 268 g/mol. The third-order valence-corrected chi connectivity index (χ3v) is 4.04. The summed E-state index contributed by atoms with van der Waals surface area (Å²) in [5.41, 5.74) is 1.12. The molecule has 1 saturated heterocycles. The van der Waals surface area contributed by atoms with Gasteiger partial charge in [-0.25, -0.2) is 0 Å². The lowest BCUT2D eigenvalue weighted by molar-refractivity contribution is -0.133. The fourth-order valence-corrected chi connectivity index (χ4v) is 2.92. The van der Waals surface area contributed by atoms with Gasteiger partial charge in [-0.15, -0.1) is 0 Å². The molecule has 2 aromatic carbocycles. The van der Waals surface area contributed by atoms with Crippen LogP contribution in [0.15, 0.2) is 42.5 Å². The normalized spacial score (nSPS) is 19.2. The number of nitrogens with zero attached hydrogens (tertiary/aromatic N) is 1. The highest BCUT2D eigenvalue weighted by Crippen LogP contribution is 2.20. The van der Waals surface area contributed by atoms with Gasteiger partial charge < -0.3 is 10.2 Å². The molecule has 1 heterocycles. The summed E-state index contributed by atoms with van der Waals surface area (Å²) in [6, 6.07) is 14.7. The van der Waals surface area contributed by atoms with Crippen molar-refractivity contribution in [1.82, 2.24) is 10.2 Å². The van der Waals surface area contributed by atoms with Crippen molar-refractivity contribution in [2.75, 3.05) is 19.6 Å². The maximum absolute atomic E-state index is 12.5. The van der Waals surface area contributed by atoms with Crippen LogP contribution in [0, 0.1) is 0 Å². The molecule has 0 aliphatic carbocycles. The van der Waals surface area contributed by atoms with Gasteiger partial charge in [0.25, 0.3) is 0 Å². The van der Waals surface area contributed by atoms with Crippen LogP contribution in [-0.2, 0) is 11.2 Å². The number of rotatable bonds is 2. The van der Waals surface area contributed by atoms with Gasteiger partial charge in [0.1, 0.15) is 0 Å². The third-order valence-electron chi connectivity index (χ3n) is 4.04. The smallest absolute Gasteiger partial charge is 0.227 e. The Balaban J connectivity index is 1.84. The molecule has 1 fully saturated rings. The molecule has 1 aliphatic heterocycles. The summed E-state index contributed by atoms with van der Waals surface area (Å²) in [7, 11) is 0. The lowest BCUT2D eigenvalue weighted by Crippen LogP contribution is -2.52. The van der Waals surface area contributed by atoms with Gasteiger partial charge in [-0.3, -0.25) is 4.79 Å². The fourth-order valence-electron chi connectivity index (χ4n) is 2.92. The zero-order chi connectivity index (χ0) is 13.9. The monoisotopic (exact) mass is 268 g/mol. The zero-order valence-electron chi connectivity index (χ0n) is 11.8. The first kappa shape index (κ1) is 13.1. The molecule has 3 heteroatoms. The number of benzene rings is 2. The summed E-state index contributed by atoms with van der Waals surface area (Å²) in [4.78, 5) is 14.5. The molecule has 104 valence electrons. The van der Waals surface area contributed by atoms with Gasteiger partial charge in [0.2, 0.25) is 5.91 Å². The SMILES string of the molecule is C[C@@H]1CNCCN1C(=O)Cc1cccc2ccccc12. The van der Waals surface area contributed by atoms with E-state index in [4.69, 9.17) is 0 Å². The van der Waals surface area contributed by atoms with Crippen LogP contribution in [0.25, 0.3) is 10.8 Å². The van der Waals surface area contributed by atoms with Crippen LogP contribution in [-0.4, -0.2) is 36.5 Å². The number of piperazine rings is 1. The topological polar surface area (TPSA) is 32.3 Å². The molecule has 1 amide bonds. The first-order valence-corrected chi connectivity index (χ1v) is 7.22. The Kier molecular flexibility index (Phi) is 3.70. The molecule has 0 spiro atoms. The Morgan fingerprint density at radius 3 is 2.90 bits per heavy atom. The Morgan fingerprint density at radius 2 is 2.05 bits per heavy atom. The van der Waals surface area contributed by atoms with Crippen molar-refractivity contribution in [2.24, 2.45) is 0 Å². The quantitative estimate of drug-likeness (QED) is 0.905. The van der Waals surface area contributed by atoms with Gasteiger partial charge in [-0.05, 0) is 23.3 Å². The van der Waals surface area contributed by atoms with E-state index in [-0.39, 0.29) is 11.9 Å². The molecule has 1 atom stereocenters. The predicted molar refractivity (Wildman–Crippen MR) is 81.7 cm³/mol. The molecule has 0 aromatic heterocycles. The van der Waals surface area contributed by atoms with Gasteiger partial charge >= 0.3 is 0 Å². The van der Waals surface area contributed by atoms with E-state index in [1.54, 1.807) is 0 Å². The van der Waals surface area contributed by atoms with Crippen LogP contribution in [0.3, 0.4) is 0 Å². The molecule has 0 bridgehead atoms. The number of nitrogens with one attached hydrogen (secondary N) is 1. The molecule has 2 aromatic rings. The minimum Gasteiger partial charge on any atom is -0.337 e. The summed E-state index contributed by atoms with van der Waals surface area (Å²) in [5, 5.41) is 5.71. The largest absolute Gasteiger partial charge is 0.337 e. The molecular formula is C17H20N2O. The van der Waals surface area contributed by atoms with Crippen LogP contribution in [0.1, 0.15) is 12.5 Å². The summed E-state index contributed by atoms with van der Waals surface area (Å²) in [5.74, 6) is 0.232. The van der Waals surface area contributed by atoms with E-state index < -0.39 is 0 Å². The Hall–Kier alpha value is -1.87. The number of carbonyl (C=O) groups is 1. The maximum Gasteiger partial charge on any atom is 0.227 e. The van der Waals surface area contributed by atoms with Gasteiger partial charge in [-0.1, -0.05) is 42.5 Å². The van der Waals surface area contributed by atoms with Gasteiger partial charge in [0.15, 0.2) is 0 Å². The minimum atomic E-state index is 0.232. The third kappa shape index (κ3) is 2.54. The van der Waals surface area contributed by atoms with Crippen molar-refractivity contribution in [3.05, 3.63) is 48.0 Å². The second-order valence-electron chi connectivity index (χ2n) is 5.46. The molecule has 1 N–H and O–H groups in total.